The summed E-state index contributed by atoms with van der Waals surface area (Å²) in [6.45, 7) is 4.48. The van der Waals surface area contributed by atoms with Crippen molar-refractivity contribution in [2.24, 2.45) is 0 Å². The van der Waals surface area contributed by atoms with E-state index in [-0.39, 0.29) is 36.1 Å². The Morgan fingerprint density at radius 3 is 2.45 bits per heavy atom. The van der Waals surface area contributed by atoms with Gasteiger partial charge in [-0.3, -0.25) is 19.4 Å². The summed E-state index contributed by atoms with van der Waals surface area (Å²) >= 11 is 0. The van der Waals surface area contributed by atoms with E-state index in [2.05, 4.69) is 15.6 Å². The SMILES string of the molecule is CCC(=O)CNc1ccc(C)cc1C(=N)CNC(=O)c1cncc(Cc2ccc(Cn3ccccc3=O)cc2)c1. The van der Waals surface area contributed by atoms with E-state index in [0.29, 0.717) is 36.2 Å². The minimum Gasteiger partial charge on any atom is -0.377 e. The predicted octanol–water partition coefficient (Wildman–Crippen LogP) is 4.38. The number of amides is 1. The summed E-state index contributed by atoms with van der Waals surface area (Å²) < 4.78 is 1.66. The highest BCUT2D eigenvalue weighted by atomic mass is 16.1. The van der Waals surface area contributed by atoms with E-state index in [4.69, 9.17) is 5.41 Å². The van der Waals surface area contributed by atoms with Gasteiger partial charge in [0.05, 0.1) is 30.9 Å². The zero-order valence-electron chi connectivity index (χ0n) is 22.7. The second kappa shape index (κ2) is 13.3. The van der Waals surface area contributed by atoms with Crippen molar-refractivity contribution >= 4 is 23.1 Å². The van der Waals surface area contributed by atoms with Gasteiger partial charge in [-0.2, -0.15) is 0 Å². The van der Waals surface area contributed by atoms with Crippen molar-refractivity contribution in [3.05, 3.63) is 129 Å². The number of anilines is 1. The second-order valence-corrected chi connectivity index (χ2v) is 9.70. The molecule has 204 valence electrons. The number of benzene rings is 2. The monoisotopic (exact) mass is 535 g/mol. The van der Waals surface area contributed by atoms with Gasteiger partial charge in [-0.05, 0) is 54.3 Å². The average Bonchev–Trinajstić information content (AvgIpc) is 2.97. The maximum absolute atomic E-state index is 12.9. The summed E-state index contributed by atoms with van der Waals surface area (Å²) in [5, 5.41) is 14.5. The molecule has 8 heteroatoms. The average molecular weight is 536 g/mol. The summed E-state index contributed by atoms with van der Waals surface area (Å²) in [5.74, 6) is -0.232. The Bertz CT molecular complexity index is 1570. The van der Waals surface area contributed by atoms with Crippen LogP contribution in [0.3, 0.4) is 0 Å². The quantitative estimate of drug-likeness (QED) is 0.233. The molecule has 0 spiro atoms. The summed E-state index contributed by atoms with van der Waals surface area (Å²) in [6.07, 6.45) is 6.06. The molecule has 0 fully saturated rings. The molecule has 0 saturated heterocycles. The molecule has 0 atom stereocenters. The molecule has 2 heterocycles. The first-order valence-electron chi connectivity index (χ1n) is 13.2. The molecule has 2 aromatic heterocycles. The van der Waals surface area contributed by atoms with Crippen molar-refractivity contribution in [3.63, 3.8) is 0 Å². The largest absolute Gasteiger partial charge is 0.377 e. The standard InChI is InChI=1S/C32H33N5O3/c1-3-27(38)19-35-30-12-7-22(2)14-28(30)29(33)20-36-32(40)26-16-25(17-34-18-26)15-23-8-10-24(11-9-23)21-37-13-5-4-6-31(37)39/h4-14,16-18,33,35H,3,15,19-21H2,1-2H3,(H,36,40). The van der Waals surface area contributed by atoms with Gasteiger partial charge in [0, 0.05) is 42.3 Å². The van der Waals surface area contributed by atoms with E-state index in [1.54, 1.807) is 35.2 Å². The highest BCUT2D eigenvalue weighted by molar-refractivity contribution is 6.07. The van der Waals surface area contributed by atoms with E-state index in [9.17, 15) is 14.4 Å². The van der Waals surface area contributed by atoms with Crippen LogP contribution in [0.25, 0.3) is 0 Å². The molecule has 40 heavy (non-hydrogen) atoms. The summed E-state index contributed by atoms with van der Waals surface area (Å²) in [6, 6.07) is 20.6. The van der Waals surface area contributed by atoms with Crippen LogP contribution in [0, 0.1) is 12.3 Å². The number of hydrogen-bond donors (Lipinski definition) is 3. The maximum Gasteiger partial charge on any atom is 0.253 e. The number of Topliss-reactive ketones (excluding diaryl/α,β-unsaturated/α-hetero) is 1. The van der Waals surface area contributed by atoms with Crippen LogP contribution in [-0.2, 0) is 17.8 Å². The lowest BCUT2D eigenvalue weighted by Gasteiger charge is -2.14. The smallest absolute Gasteiger partial charge is 0.253 e. The van der Waals surface area contributed by atoms with Crippen molar-refractivity contribution in [1.29, 1.82) is 5.41 Å². The Balaban J connectivity index is 1.36. The zero-order valence-corrected chi connectivity index (χ0v) is 22.7. The van der Waals surface area contributed by atoms with E-state index < -0.39 is 0 Å². The van der Waals surface area contributed by atoms with Gasteiger partial charge in [0.2, 0.25) is 0 Å². The van der Waals surface area contributed by atoms with Crippen LogP contribution in [0.4, 0.5) is 5.69 Å². The molecule has 8 nitrogen and oxygen atoms in total. The van der Waals surface area contributed by atoms with Crippen LogP contribution in [-0.4, -0.2) is 40.0 Å². The van der Waals surface area contributed by atoms with Gasteiger partial charge in [-0.15, -0.1) is 0 Å². The molecular weight excluding hydrogens is 502 g/mol. The van der Waals surface area contributed by atoms with Crippen LogP contribution in [0.1, 0.15) is 51.5 Å². The number of aryl methyl sites for hydroxylation is 1. The van der Waals surface area contributed by atoms with Crippen molar-refractivity contribution in [2.75, 3.05) is 18.4 Å². The Kier molecular flexibility index (Phi) is 9.35. The number of hydrogen-bond acceptors (Lipinski definition) is 6. The zero-order chi connectivity index (χ0) is 28.5. The lowest BCUT2D eigenvalue weighted by atomic mass is 10.0. The molecule has 4 aromatic rings. The fourth-order valence-electron chi connectivity index (χ4n) is 4.24. The van der Waals surface area contributed by atoms with E-state index in [1.807, 2.05) is 62.4 Å². The number of nitrogens with one attached hydrogen (secondary N) is 3. The minimum atomic E-state index is -0.314. The van der Waals surface area contributed by atoms with E-state index in [1.165, 1.54) is 6.20 Å². The van der Waals surface area contributed by atoms with Gasteiger partial charge in [-0.1, -0.05) is 48.9 Å². The highest BCUT2D eigenvalue weighted by Crippen LogP contribution is 2.18. The van der Waals surface area contributed by atoms with Crippen LogP contribution in [0.2, 0.25) is 0 Å². The maximum atomic E-state index is 12.9. The third kappa shape index (κ3) is 7.60. The van der Waals surface area contributed by atoms with Crippen molar-refractivity contribution in [2.45, 2.75) is 33.2 Å². The number of carbonyl (C=O) groups is 2. The van der Waals surface area contributed by atoms with Crippen molar-refractivity contribution in [1.82, 2.24) is 14.9 Å². The van der Waals surface area contributed by atoms with Gasteiger partial charge in [-0.25, -0.2) is 0 Å². The fourth-order valence-corrected chi connectivity index (χ4v) is 4.24. The highest BCUT2D eigenvalue weighted by Gasteiger charge is 2.13. The van der Waals surface area contributed by atoms with Crippen LogP contribution in [0.15, 0.2) is 90.1 Å². The van der Waals surface area contributed by atoms with Crippen molar-refractivity contribution < 1.29 is 9.59 Å². The van der Waals surface area contributed by atoms with E-state index in [0.717, 1.165) is 22.3 Å². The van der Waals surface area contributed by atoms with Crippen LogP contribution in [0.5, 0.6) is 0 Å². The lowest BCUT2D eigenvalue weighted by Crippen LogP contribution is -2.30. The number of rotatable bonds is 12. The second-order valence-electron chi connectivity index (χ2n) is 9.70. The molecular formula is C32H33N5O3. The predicted molar refractivity (Wildman–Crippen MR) is 157 cm³/mol. The van der Waals surface area contributed by atoms with Crippen LogP contribution >= 0.6 is 0 Å². The Hall–Kier alpha value is -4.85. The Labute approximate surface area is 233 Å². The third-order valence-electron chi connectivity index (χ3n) is 6.54. The normalized spacial score (nSPS) is 10.7. The summed E-state index contributed by atoms with van der Waals surface area (Å²) in [7, 11) is 0. The first kappa shape index (κ1) is 28.2. The Morgan fingerprint density at radius 2 is 1.70 bits per heavy atom. The number of carbonyl (C=O) groups excluding carboxylic acids is 2. The van der Waals surface area contributed by atoms with E-state index >= 15 is 0 Å². The first-order valence-corrected chi connectivity index (χ1v) is 13.2. The first-order chi connectivity index (χ1) is 19.3. The number of pyridine rings is 2. The number of aromatic nitrogens is 2. The Morgan fingerprint density at radius 1 is 0.925 bits per heavy atom. The molecule has 3 N–H and O–H groups in total. The third-order valence-corrected chi connectivity index (χ3v) is 6.54. The molecule has 0 aliphatic heterocycles. The number of ketones is 1. The fraction of sp³-hybridized carbons (Fsp3) is 0.219. The molecule has 2 aromatic carbocycles. The van der Waals surface area contributed by atoms with Crippen LogP contribution < -0.4 is 16.2 Å². The summed E-state index contributed by atoms with van der Waals surface area (Å²) in [5.41, 5.74) is 5.92. The number of nitrogens with zero attached hydrogens (tertiary/aromatic N) is 2. The van der Waals surface area contributed by atoms with Gasteiger partial charge >= 0.3 is 0 Å². The van der Waals surface area contributed by atoms with Gasteiger partial charge in [0.1, 0.15) is 0 Å². The van der Waals surface area contributed by atoms with Gasteiger partial charge in [0.15, 0.2) is 5.78 Å². The topological polar surface area (TPSA) is 117 Å². The molecule has 0 aliphatic carbocycles. The van der Waals surface area contributed by atoms with Gasteiger partial charge < -0.3 is 20.6 Å². The van der Waals surface area contributed by atoms with Gasteiger partial charge in [0.25, 0.3) is 11.5 Å². The molecule has 0 unspecified atom stereocenters. The molecule has 1 amide bonds. The molecule has 0 radical (unpaired) electrons. The molecule has 4 rings (SSSR count). The lowest BCUT2D eigenvalue weighted by molar-refractivity contribution is -0.117. The van der Waals surface area contributed by atoms with Crippen molar-refractivity contribution in [3.8, 4) is 0 Å². The molecule has 0 saturated carbocycles. The summed E-state index contributed by atoms with van der Waals surface area (Å²) in [4.78, 5) is 40.9. The molecule has 0 bridgehead atoms. The molecule has 0 aliphatic rings. The minimum absolute atomic E-state index is 0.0366.